The van der Waals surface area contributed by atoms with Crippen molar-refractivity contribution in [3.63, 3.8) is 0 Å². The van der Waals surface area contributed by atoms with Crippen LogP contribution in [0.3, 0.4) is 0 Å². The van der Waals surface area contributed by atoms with Gasteiger partial charge in [0.05, 0.1) is 11.4 Å². The third-order valence-electron chi connectivity index (χ3n) is 5.08. The van der Waals surface area contributed by atoms with Crippen LogP contribution < -0.4 is 5.32 Å². The van der Waals surface area contributed by atoms with E-state index in [0.717, 1.165) is 30.0 Å². The first-order valence-electron chi connectivity index (χ1n) is 9.25. The minimum atomic E-state index is -0.0475. The van der Waals surface area contributed by atoms with Crippen LogP contribution in [-0.4, -0.2) is 51.5 Å². The molecule has 0 radical (unpaired) electrons. The molecule has 6 nitrogen and oxygen atoms in total. The second kappa shape index (κ2) is 7.32. The second-order valence-corrected chi connectivity index (χ2v) is 6.90. The molecule has 6 heteroatoms. The average molecular weight is 361 g/mol. The molecule has 1 unspecified atom stereocenters. The Morgan fingerprint density at radius 3 is 2.48 bits per heavy atom. The van der Waals surface area contributed by atoms with Gasteiger partial charge in [0.15, 0.2) is 5.69 Å². The van der Waals surface area contributed by atoms with Crippen LogP contribution in [-0.2, 0) is 0 Å². The maximum absolute atomic E-state index is 12.9. The van der Waals surface area contributed by atoms with Crippen LogP contribution in [0.25, 0.3) is 16.8 Å². The van der Waals surface area contributed by atoms with Crippen LogP contribution in [0.2, 0.25) is 0 Å². The highest BCUT2D eigenvalue weighted by molar-refractivity contribution is 5.93. The molecule has 1 saturated heterocycles. The lowest BCUT2D eigenvalue weighted by Crippen LogP contribution is -2.52. The average Bonchev–Trinajstić information content (AvgIpc) is 3.10. The molecular weight excluding hydrogens is 338 g/mol. The molecule has 1 N–H and O–H groups in total. The maximum atomic E-state index is 12.9. The SMILES string of the molecule is Cc1c(C(=O)N2CCNCC2C)nnn1-c1ccc(-c2ccccc2)cc1. The Morgan fingerprint density at radius 2 is 1.78 bits per heavy atom. The van der Waals surface area contributed by atoms with Crippen LogP contribution >= 0.6 is 0 Å². The van der Waals surface area contributed by atoms with E-state index < -0.39 is 0 Å². The molecule has 0 saturated carbocycles. The number of nitrogens with one attached hydrogen (secondary N) is 1. The van der Waals surface area contributed by atoms with Crippen molar-refractivity contribution in [2.75, 3.05) is 19.6 Å². The number of hydrogen-bond donors (Lipinski definition) is 1. The minimum absolute atomic E-state index is 0.0475. The van der Waals surface area contributed by atoms with E-state index in [1.807, 2.05) is 49.1 Å². The first-order valence-corrected chi connectivity index (χ1v) is 9.25. The summed E-state index contributed by atoms with van der Waals surface area (Å²) in [5.74, 6) is -0.0475. The summed E-state index contributed by atoms with van der Waals surface area (Å²) >= 11 is 0. The number of benzene rings is 2. The lowest BCUT2D eigenvalue weighted by molar-refractivity contribution is 0.0649. The lowest BCUT2D eigenvalue weighted by Gasteiger charge is -2.33. The quantitative estimate of drug-likeness (QED) is 0.779. The van der Waals surface area contributed by atoms with Gasteiger partial charge in [-0.05, 0) is 37.1 Å². The summed E-state index contributed by atoms with van der Waals surface area (Å²) in [5.41, 5.74) is 4.40. The largest absolute Gasteiger partial charge is 0.332 e. The Bertz CT molecular complexity index is 933. The zero-order chi connectivity index (χ0) is 18.8. The predicted molar refractivity (Wildman–Crippen MR) is 105 cm³/mol. The fraction of sp³-hybridized carbons (Fsp3) is 0.286. The van der Waals surface area contributed by atoms with Crippen molar-refractivity contribution >= 4 is 5.91 Å². The molecule has 2 aromatic carbocycles. The summed E-state index contributed by atoms with van der Waals surface area (Å²) < 4.78 is 1.73. The van der Waals surface area contributed by atoms with Crippen molar-refractivity contribution in [3.8, 4) is 16.8 Å². The predicted octanol–water partition coefficient (Wildman–Crippen LogP) is 2.68. The minimum Gasteiger partial charge on any atom is -0.332 e. The highest BCUT2D eigenvalue weighted by atomic mass is 16.2. The van der Waals surface area contributed by atoms with Crippen LogP contribution in [0, 0.1) is 6.92 Å². The molecule has 1 fully saturated rings. The molecule has 138 valence electrons. The molecule has 3 aromatic rings. The summed E-state index contributed by atoms with van der Waals surface area (Å²) in [4.78, 5) is 14.8. The van der Waals surface area contributed by atoms with Gasteiger partial charge in [0, 0.05) is 25.7 Å². The van der Waals surface area contributed by atoms with Crippen molar-refractivity contribution in [2.24, 2.45) is 0 Å². The van der Waals surface area contributed by atoms with E-state index in [1.54, 1.807) is 4.68 Å². The highest BCUT2D eigenvalue weighted by Gasteiger charge is 2.28. The van der Waals surface area contributed by atoms with Crippen molar-refractivity contribution < 1.29 is 4.79 Å². The maximum Gasteiger partial charge on any atom is 0.276 e. The van der Waals surface area contributed by atoms with Gasteiger partial charge in [-0.1, -0.05) is 47.7 Å². The van der Waals surface area contributed by atoms with Crippen LogP contribution in [0.15, 0.2) is 54.6 Å². The van der Waals surface area contributed by atoms with E-state index in [4.69, 9.17) is 0 Å². The Kier molecular flexibility index (Phi) is 4.73. The van der Waals surface area contributed by atoms with Crippen molar-refractivity contribution in [2.45, 2.75) is 19.9 Å². The Morgan fingerprint density at radius 1 is 1.07 bits per heavy atom. The topological polar surface area (TPSA) is 63.1 Å². The summed E-state index contributed by atoms with van der Waals surface area (Å²) in [6, 6.07) is 18.5. The number of amides is 1. The molecule has 27 heavy (non-hydrogen) atoms. The van der Waals surface area contributed by atoms with Gasteiger partial charge in [-0.25, -0.2) is 4.68 Å². The number of rotatable bonds is 3. The van der Waals surface area contributed by atoms with Gasteiger partial charge in [0.2, 0.25) is 0 Å². The number of aromatic nitrogens is 3. The van der Waals surface area contributed by atoms with Crippen molar-refractivity contribution in [1.82, 2.24) is 25.2 Å². The monoisotopic (exact) mass is 361 g/mol. The molecule has 0 aliphatic carbocycles. The van der Waals surface area contributed by atoms with E-state index in [9.17, 15) is 4.79 Å². The normalized spacial score (nSPS) is 17.1. The van der Waals surface area contributed by atoms with E-state index in [-0.39, 0.29) is 11.9 Å². The summed E-state index contributed by atoms with van der Waals surface area (Å²) in [5, 5.41) is 11.7. The molecule has 1 amide bonds. The van der Waals surface area contributed by atoms with E-state index >= 15 is 0 Å². The molecule has 0 bridgehead atoms. The third kappa shape index (κ3) is 3.36. The Hall–Kier alpha value is -2.99. The van der Waals surface area contributed by atoms with Gasteiger partial charge in [-0.15, -0.1) is 5.10 Å². The van der Waals surface area contributed by atoms with Gasteiger partial charge in [0.1, 0.15) is 0 Å². The Balaban J connectivity index is 1.59. The van der Waals surface area contributed by atoms with Gasteiger partial charge in [0.25, 0.3) is 5.91 Å². The molecule has 1 aromatic heterocycles. The molecule has 4 rings (SSSR count). The summed E-state index contributed by atoms with van der Waals surface area (Å²) in [7, 11) is 0. The summed E-state index contributed by atoms with van der Waals surface area (Å²) in [6.07, 6.45) is 0. The van der Waals surface area contributed by atoms with Gasteiger partial charge in [-0.3, -0.25) is 4.79 Å². The first kappa shape index (κ1) is 17.4. The van der Waals surface area contributed by atoms with Gasteiger partial charge >= 0.3 is 0 Å². The smallest absolute Gasteiger partial charge is 0.276 e. The van der Waals surface area contributed by atoms with E-state index in [1.165, 1.54) is 5.56 Å². The zero-order valence-electron chi connectivity index (χ0n) is 15.6. The standard InChI is InChI=1S/C21H23N5O/c1-15-14-22-12-13-25(15)21(27)20-16(2)26(24-23-20)19-10-8-18(9-11-19)17-6-4-3-5-7-17/h3-11,15,22H,12-14H2,1-2H3. The first-order chi connectivity index (χ1) is 13.1. The molecule has 1 aliphatic heterocycles. The number of nitrogens with zero attached hydrogens (tertiary/aromatic N) is 4. The van der Waals surface area contributed by atoms with E-state index in [0.29, 0.717) is 12.2 Å². The number of piperazine rings is 1. The zero-order valence-corrected chi connectivity index (χ0v) is 15.6. The lowest BCUT2D eigenvalue weighted by atomic mass is 10.1. The number of carbonyl (C=O) groups is 1. The molecule has 0 spiro atoms. The van der Waals surface area contributed by atoms with Crippen LogP contribution in [0.5, 0.6) is 0 Å². The highest BCUT2D eigenvalue weighted by Crippen LogP contribution is 2.22. The third-order valence-corrected chi connectivity index (χ3v) is 5.08. The van der Waals surface area contributed by atoms with Crippen molar-refractivity contribution in [3.05, 3.63) is 66.0 Å². The molecule has 2 heterocycles. The second-order valence-electron chi connectivity index (χ2n) is 6.90. The van der Waals surface area contributed by atoms with Crippen molar-refractivity contribution in [1.29, 1.82) is 0 Å². The number of hydrogen-bond acceptors (Lipinski definition) is 4. The fourth-order valence-electron chi connectivity index (χ4n) is 3.48. The summed E-state index contributed by atoms with van der Waals surface area (Å²) in [6.45, 7) is 6.25. The van der Waals surface area contributed by atoms with Crippen LogP contribution in [0.1, 0.15) is 23.1 Å². The molecule has 1 aliphatic rings. The Labute approximate surface area is 158 Å². The number of carbonyl (C=O) groups excluding carboxylic acids is 1. The fourth-order valence-corrected chi connectivity index (χ4v) is 3.48. The molecular formula is C21H23N5O. The van der Waals surface area contributed by atoms with Gasteiger partial charge < -0.3 is 10.2 Å². The van der Waals surface area contributed by atoms with E-state index in [2.05, 4.69) is 39.9 Å². The van der Waals surface area contributed by atoms with Crippen LogP contribution in [0.4, 0.5) is 0 Å². The van der Waals surface area contributed by atoms with Gasteiger partial charge in [-0.2, -0.15) is 0 Å². The molecule has 1 atom stereocenters.